The smallest absolute Gasteiger partial charge is 0.416 e. The van der Waals surface area contributed by atoms with Crippen molar-refractivity contribution in [2.75, 3.05) is 10.6 Å². The molecule has 3 nitrogen and oxygen atoms in total. The summed E-state index contributed by atoms with van der Waals surface area (Å²) in [4.78, 5) is 0. The van der Waals surface area contributed by atoms with Crippen molar-refractivity contribution < 1.29 is 17.9 Å². The third kappa shape index (κ3) is 4.72. The molecule has 0 spiro atoms. The Hall–Kier alpha value is -2.28. The quantitative estimate of drug-likeness (QED) is 0.499. The average molecular weight is 437 g/mol. The predicted molar refractivity (Wildman–Crippen MR) is 119 cm³/mol. The fraction of sp³-hybridized carbons (Fsp3) is 0.435. The number of ether oxygens (including phenoxy) is 1. The van der Waals surface area contributed by atoms with Crippen molar-refractivity contribution in [3.8, 4) is 5.75 Å². The first kappa shape index (κ1) is 22.4. The molecule has 0 atom stereocenters. The zero-order valence-electron chi connectivity index (χ0n) is 17.6. The van der Waals surface area contributed by atoms with Crippen molar-refractivity contribution in [2.45, 2.75) is 64.1 Å². The summed E-state index contributed by atoms with van der Waals surface area (Å²) >= 11 is 5.35. The van der Waals surface area contributed by atoms with E-state index in [0.717, 1.165) is 48.4 Å². The standard InChI is InChI=1S/C23H27F3N2OS/c1-5-22(6-2)14-21(3,4)29-19-12-11-17(13-18(19)22)28-20(30)27-16-9-7-15(8-10-16)23(24,25)26/h7-13H,5-6,14H2,1-4H3,(H2,27,28,30). The Morgan fingerprint density at radius 2 is 1.57 bits per heavy atom. The van der Waals surface area contributed by atoms with Gasteiger partial charge in [0.2, 0.25) is 0 Å². The number of thiocarbonyl (C=S) groups is 1. The van der Waals surface area contributed by atoms with Gasteiger partial charge in [-0.05, 0) is 87.8 Å². The van der Waals surface area contributed by atoms with E-state index in [-0.39, 0.29) is 11.0 Å². The molecule has 0 radical (unpaired) electrons. The van der Waals surface area contributed by atoms with Crippen molar-refractivity contribution in [1.82, 2.24) is 0 Å². The lowest BCUT2D eigenvalue weighted by molar-refractivity contribution is -0.137. The van der Waals surface area contributed by atoms with Crippen LogP contribution < -0.4 is 15.4 Å². The molecule has 162 valence electrons. The molecule has 0 amide bonds. The molecule has 2 aromatic carbocycles. The second-order valence-electron chi connectivity index (χ2n) is 8.39. The van der Waals surface area contributed by atoms with Crippen molar-refractivity contribution in [1.29, 1.82) is 0 Å². The molecule has 2 aromatic rings. The number of benzene rings is 2. The van der Waals surface area contributed by atoms with Gasteiger partial charge in [0.25, 0.3) is 0 Å². The van der Waals surface area contributed by atoms with Crippen LogP contribution in [0.4, 0.5) is 24.5 Å². The van der Waals surface area contributed by atoms with Crippen LogP contribution in [0.25, 0.3) is 0 Å². The van der Waals surface area contributed by atoms with Gasteiger partial charge in [-0.2, -0.15) is 13.2 Å². The van der Waals surface area contributed by atoms with Gasteiger partial charge >= 0.3 is 6.18 Å². The number of halogens is 3. The van der Waals surface area contributed by atoms with Crippen LogP contribution >= 0.6 is 12.2 Å². The van der Waals surface area contributed by atoms with Crippen molar-refractivity contribution >= 4 is 28.7 Å². The second-order valence-corrected chi connectivity index (χ2v) is 8.80. The minimum Gasteiger partial charge on any atom is -0.488 e. The van der Waals surface area contributed by atoms with E-state index in [1.165, 1.54) is 12.1 Å². The van der Waals surface area contributed by atoms with Gasteiger partial charge in [-0.1, -0.05) is 13.8 Å². The van der Waals surface area contributed by atoms with Crippen LogP contribution in [0, 0.1) is 0 Å². The topological polar surface area (TPSA) is 33.3 Å². The summed E-state index contributed by atoms with van der Waals surface area (Å²) in [5, 5.41) is 6.38. The number of hydrogen-bond donors (Lipinski definition) is 2. The van der Waals surface area contributed by atoms with E-state index in [0.29, 0.717) is 10.8 Å². The zero-order chi connectivity index (χ0) is 22.2. The minimum absolute atomic E-state index is 0.0250. The van der Waals surface area contributed by atoms with Crippen molar-refractivity contribution in [3.63, 3.8) is 0 Å². The molecule has 1 aliphatic rings. The van der Waals surface area contributed by atoms with Crippen LogP contribution in [-0.2, 0) is 11.6 Å². The van der Waals surface area contributed by atoms with Gasteiger partial charge in [0, 0.05) is 22.4 Å². The van der Waals surface area contributed by atoms with Crippen LogP contribution in [0.2, 0.25) is 0 Å². The van der Waals surface area contributed by atoms with E-state index < -0.39 is 11.7 Å². The first-order valence-corrected chi connectivity index (χ1v) is 10.5. The molecule has 30 heavy (non-hydrogen) atoms. The summed E-state index contributed by atoms with van der Waals surface area (Å²) in [6, 6.07) is 10.7. The summed E-state index contributed by atoms with van der Waals surface area (Å²) in [6.45, 7) is 8.63. The Bertz CT molecular complexity index is 919. The molecule has 0 fully saturated rings. The van der Waals surface area contributed by atoms with Gasteiger partial charge in [-0.25, -0.2) is 0 Å². The average Bonchev–Trinajstić information content (AvgIpc) is 2.66. The van der Waals surface area contributed by atoms with Gasteiger partial charge in [-0.3, -0.25) is 0 Å². The molecular formula is C23H27F3N2OS. The maximum Gasteiger partial charge on any atom is 0.416 e. The number of anilines is 2. The Morgan fingerprint density at radius 1 is 1.00 bits per heavy atom. The fourth-order valence-electron chi connectivity index (χ4n) is 4.27. The molecule has 0 bridgehead atoms. The van der Waals surface area contributed by atoms with E-state index in [2.05, 4.69) is 44.4 Å². The molecule has 0 aromatic heterocycles. The molecular weight excluding hydrogens is 409 g/mol. The SMILES string of the molecule is CCC1(CC)CC(C)(C)Oc2ccc(NC(=S)Nc3ccc(C(F)(F)F)cc3)cc21. The second kappa shape index (κ2) is 8.10. The summed E-state index contributed by atoms with van der Waals surface area (Å²) in [5.41, 5.74) is 1.56. The summed E-state index contributed by atoms with van der Waals surface area (Å²) < 4.78 is 44.3. The number of fused-ring (bicyclic) bond motifs is 1. The Morgan fingerprint density at radius 3 is 2.13 bits per heavy atom. The number of rotatable bonds is 4. The van der Waals surface area contributed by atoms with Gasteiger partial charge in [0.05, 0.1) is 5.56 Å². The zero-order valence-corrected chi connectivity index (χ0v) is 18.4. The van der Waals surface area contributed by atoms with Gasteiger partial charge in [0.15, 0.2) is 5.11 Å². The minimum atomic E-state index is -4.36. The first-order chi connectivity index (χ1) is 14.0. The Kier molecular flexibility index (Phi) is 6.05. The highest BCUT2D eigenvalue weighted by molar-refractivity contribution is 7.80. The summed E-state index contributed by atoms with van der Waals surface area (Å²) in [6.07, 6.45) is -1.43. The van der Waals surface area contributed by atoms with E-state index in [9.17, 15) is 13.2 Å². The molecule has 2 N–H and O–H groups in total. The highest BCUT2D eigenvalue weighted by atomic mass is 32.1. The molecule has 0 saturated carbocycles. The maximum absolute atomic E-state index is 12.7. The fourth-order valence-corrected chi connectivity index (χ4v) is 4.51. The monoisotopic (exact) mass is 436 g/mol. The molecule has 0 aliphatic carbocycles. The molecule has 1 aliphatic heterocycles. The third-order valence-corrected chi connectivity index (χ3v) is 5.99. The largest absolute Gasteiger partial charge is 0.488 e. The third-order valence-electron chi connectivity index (χ3n) is 5.78. The van der Waals surface area contributed by atoms with E-state index >= 15 is 0 Å². The predicted octanol–water partition coefficient (Wildman–Crippen LogP) is 7.13. The van der Waals surface area contributed by atoms with Crippen molar-refractivity contribution in [3.05, 3.63) is 53.6 Å². The molecule has 0 saturated heterocycles. The molecule has 1 heterocycles. The van der Waals surface area contributed by atoms with E-state index in [1.807, 2.05) is 12.1 Å². The lowest BCUT2D eigenvalue weighted by atomic mass is 9.67. The summed E-state index contributed by atoms with van der Waals surface area (Å²) in [7, 11) is 0. The molecule has 7 heteroatoms. The number of nitrogens with one attached hydrogen (secondary N) is 2. The van der Waals surface area contributed by atoms with Crippen LogP contribution in [0.3, 0.4) is 0 Å². The van der Waals surface area contributed by atoms with E-state index in [1.54, 1.807) is 0 Å². The Balaban J connectivity index is 1.77. The van der Waals surface area contributed by atoms with Gasteiger partial charge in [-0.15, -0.1) is 0 Å². The number of alkyl halides is 3. The van der Waals surface area contributed by atoms with Gasteiger partial charge in [0.1, 0.15) is 11.4 Å². The molecule has 3 rings (SSSR count). The highest BCUT2D eigenvalue weighted by Gasteiger charge is 2.43. The normalized spacial score (nSPS) is 16.9. The lowest BCUT2D eigenvalue weighted by Gasteiger charge is -2.46. The molecule has 0 unspecified atom stereocenters. The lowest BCUT2D eigenvalue weighted by Crippen LogP contribution is -2.43. The van der Waals surface area contributed by atoms with Crippen LogP contribution in [0.1, 0.15) is 58.1 Å². The van der Waals surface area contributed by atoms with Crippen LogP contribution in [0.15, 0.2) is 42.5 Å². The summed E-state index contributed by atoms with van der Waals surface area (Å²) in [5.74, 6) is 0.891. The van der Waals surface area contributed by atoms with Crippen LogP contribution in [-0.4, -0.2) is 10.7 Å². The van der Waals surface area contributed by atoms with Crippen molar-refractivity contribution in [2.24, 2.45) is 0 Å². The van der Waals surface area contributed by atoms with E-state index in [4.69, 9.17) is 17.0 Å². The van der Waals surface area contributed by atoms with Crippen LogP contribution in [0.5, 0.6) is 5.75 Å². The maximum atomic E-state index is 12.7. The highest BCUT2D eigenvalue weighted by Crippen LogP contribution is 2.49. The van der Waals surface area contributed by atoms with Gasteiger partial charge < -0.3 is 15.4 Å². The first-order valence-electron chi connectivity index (χ1n) is 10.1. The Labute approximate surface area is 181 Å². The number of hydrogen-bond acceptors (Lipinski definition) is 2.